The summed E-state index contributed by atoms with van der Waals surface area (Å²) < 4.78 is 0. The predicted molar refractivity (Wildman–Crippen MR) is 87.7 cm³/mol. The summed E-state index contributed by atoms with van der Waals surface area (Å²) in [5, 5.41) is 6.23. The maximum atomic E-state index is 12.3. The van der Waals surface area contributed by atoms with Crippen molar-refractivity contribution in [2.75, 3.05) is 11.9 Å². The Balaban J connectivity index is 2.07. The highest BCUT2D eigenvalue weighted by atomic mass is 16.1. The number of hydrogen-bond acceptors (Lipinski definition) is 2. The highest BCUT2D eigenvalue weighted by Gasteiger charge is 2.09. The number of benzene rings is 2. The topological polar surface area (TPSA) is 41.1 Å². The van der Waals surface area contributed by atoms with Crippen LogP contribution in [0.25, 0.3) is 0 Å². The van der Waals surface area contributed by atoms with Crippen LogP contribution in [0.4, 0.5) is 5.69 Å². The van der Waals surface area contributed by atoms with Gasteiger partial charge in [0, 0.05) is 17.8 Å². The molecule has 21 heavy (non-hydrogen) atoms. The van der Waals surface area contributed by atoms with Crippen molar-refractivity contribution in [2.24, 2.45) is 0 Å². The van der Waals surface area contributed by atoms with Crippen molar-refractivity contribution in [3.8, 4) is 0 Å². The van der Waals surface area contributed by atoms with Crippen LogP contribution in [0.15, 0.2) is 42.5 Å². The molecule has 0 fully saturated rings. The van der Waals surface area contributed by atoms with Gasteiger partial charge in [-0.1, -0.05) is 36.8 Å². The fourth-order valence-electron chi connectivity index (χ4n) is 2.15. The second-order valence-corrected chi connectivity index (χ2v) is 5.25. The zero-order valence-corrected chi connectivity index (χ0v) is 12.9. The molecule has 0 radical (unpaired) electrons. The van der Waals surface area contributed by atoms with Crippen LogP contribution in [0.2, 0.25) is 0 Å². The van der Waals surface area contributed by atoms with E-state index in [0.717, 1.165) is 35.5 Å². The van der Waals surface area contributed by atoms with E-state index in [1.54, 1.807) is 0 Å². The van der Waals surface area contributed by atoms with Gasteiger partial charge in [0.05, 0.1) is 0 Å². The third kappa shape index (κ3) is 4.17. The van der Waals surface area contributed by atoms with Crippen molar-refractivity contribution < 1.29 is 4.79 Å². The maximum absolute atomic E-state index is 12.3. The molecule has 0 saturated heterocycles. The SMILES string of the molecule is CCNCc1ccc(NC(=O)c2cc(C)ccc2C)cc1. The predicted octanol–water partition coefficient (Wildman–Crippen LogP) is 3.67. The first kappa shape index (κ1) is 15.3. The average molecular weight is 282 g/mol. The molecule has 0 spiro atoms. The highest BCUT2D eigenvalue weighted by molar-refractivity contribution is 6.05. The van der Waals surface area contributed by atoms with E-state index in [1.165, 1.54) is 5.56 Å². The zero-order valence-electron chi connectivity index (χ0n) is 12.9. The van der Waals surface area contributed by atoms with Crippen LogP contribution in [-0.2, 0) is 6.54 Å². The Bertz CT molecular complexity index is 618. The minimum Gasteiger partial charge on any atom is -0.322 e. The van der Waals surface area contributed by atoms with Crippen LogP contribution in [0.3, 0.4) is 0 Å². The molecule has 0 aromatic heterocycles. The molecule has 0 aliphatic carbocycles. The Labute approximate surface area is 126 Å². The number of amides is 1. The average Bonchev–Trinajstić information content (AvgIpc) is 2.49. The number of aryl methyl sites for hydroxylation is 2. The summed E-state index contributed by atoms with van der Waals surface area (Å²) >= 11 is 0. The van der Waals surface area contributed by atoms with Gasteiger partial charge in [-0.15, -0.1) is 0 Å². The number of anilines is 1. The van der Waals surface area contributed by atoms with Gasteiger partial charge in [0.25, 0.3) is 5.91 Å². The molecule has 0 aliphatic rings. The van der Waals surface area contributed by atoms with Crippen molar-refractivity contribution in [3.05, 3.63) is 64.7 Å². The van der Waals surface area contributed by atoms with Crippen LogP contribution in [0.1, 0.15) is 34.0 Å². The lowest BCUT2D eigenvalue weighted by molar-refractivity contribution is 0.102. The van der Waals surface area contributed by atoms with Gasteiger partial charge < -0.3 is 10.6 Å². The van der Waals surface area contributed by atoms with Gasteiger partial charge in [0.15, 0.2) is 0 Å². The minimum absolute atomic E-state index is 0.0596. The molecular formula is C18H22N2O. The number of hydrogen-bond donors (Lipinski definition) is 2. The van der Waals surface area contributed by atoms with E-state index in [1.807, 2.05) is 56.3 Å². The van der Waals surface area contributed by atoms with Gasteiger partial charge in [0.1, 0.15) is 0 Å². The van der Waals surface area contributed by atoms with Crippen molar-refractivity contribution >= 4 is 11.6 Å². The van der Waals surface area contributed by atoms with E-state index in [2.05, 4.69) is 17.6 Å². The number of carbonyl (C=O) groups excluding carboxylic acids is 1. The first-order valence-electron chi connectivity index (χ1n) is 7.28. The Morgan fingerprint density at radius 3 is 2.43 bits per heavy atom. The molecular weight excluding hydrogens is 260 g/mol. The summed E-state index contributed by atoms with van der Waals surface area (Å²) in [6.45, 7) is 7.82. The maximum Gasteiger partial charge on any atom is 0.255 e. The Kier molecular flexibility index (Phi) is 5.12. The first-order chi connectivity index (χ1) is 10.1. The smallest absolute Gasteiger partial charge is 0.255 e. The lowest BCUT2D eigenvalue weighted by Gasteiger charge is -2.09. The van der Waals surface area contributed by atoms with Crippen molar-refractivity contribution in [3.63, 3.8) is 0 Å². The van der Waals surface area contributed by atoms with Crippen LogP contribution >= 0.6 is 0 Å². The van der Waals surface area contributed by atoms with E-state index in [9.17, 15) is 4.79 Å². The van der Waals surface area contributed by atoms with Crippen molar-refractivity contribution in [2.45, 2.75) is 27.3 Å². The van der Waals surface area contributed by atoms with Gasteiger partial charge >= 0.3 is 0 Å². The molecule has 2 aromatic carbocycles. The Morgan fingerprint density at radius 2 is 1.76 bits per heavy atom. The van der Waals surface area contributed by atoms with Gasteiger partial charge in [-0.3, -0.25) is 4.79 Å². The summed E-state index contributed by atoms with van der Waals surface area (Å²) in [5.41, 5.74) is 4.84. The standard InChI is InChI=1S/C18H22N2O/c1-4-19-12-15-7-9-16(10-8-15)20-18(21)17-11-13(2)5-6-14(17)3/h5-11,19H,4,12H2,1-3H3,(H,20,21). The van der Waals surface area contributed by atoms with Gasteiger partial charge in [-0.25, -0.2) is 0 Å². The van der Waals surface area contributed by atoms with Gasteiger partial charge in [0.2, 0.25) is 0 Å². The van der Waals surface area contributed by atoms with Crippen molar-refractivity contribution in [1.29, 1.82) is 0 Å². The fourth-order valence-corrected chi connectivity index (χ4v) is 2.15. The molecule has 110 valence electrons. The summed E-state index contributed by atoms with van der Waals surface area (Å²) in [6.07, 6.45) is 0. The monoisotopic (exact) mass is 282 g/mol. The largest absolute Gasteiger partial charge is 0.322 e. The third-order valence-corrected chi connectivity index (χ3v) is 3.43. The quantitative estimate of drug-likeness (QED) is 0.878. The molecule has 1 amide bonds. The van der Waals surface area contributed by atoms with Crippen molar-refractivity contribution in [1.82, 2.24) is 5.32 Å². The summed E-state index contributed by atoms with van der Waals surface area (Å²) in [5.74, 6) is -0.0596. The highest BCUT2D eigenvalue weighted by Crippen LogP contribution is 2.15. The lowest BCUT2D eigenvalue weighted by atomic mass is 10.0. The van der Waals surface area contributed by atoms with Gasteiger partial charge in [-0.05, 0) is 49.7 Å². The summed E-state index contributed by atoms with van der Waals surface area (Å²) in [6, 6.07) is 13.9. The fraction of sp³-hybridized carbons (Fsp3) is 0.278. The van der Waals surface area contributed by atoms with E-state index in [4.69, 9.17) is 0 Å². The van der Waals surface area contributed by atoms with E-state index in [0.29, 0.717) is 0 Å². The molecule has 0 heterocycles. The molecule has 2 rings (SSSR count). The molecule has 0 atom stereocenters. The van der Waals surface area contributed by atoms with Crippen LogP contribution in [-0.4, -0.2) is 12.5 Å². The lowest BCUT2D eigenvalue weighted by Crippen LogP contribution is -2.14. The Morgan fingerprint density at radius 1 is 1.05 bits per heavy atom. The number of carbonyl (C=O) groups is 1. The molecule has 3 heteroatoms. The molecule has 3 nitrogen and oxygen atoms in total. The number of nitrogens with one attached hydrogen (secondary N) is 2. The second-order valence-electron chi connectivity index (χ2n) is 5.25. The van der Waals surface area contributed by atoms with Gasteiger partial charge in [-0.2, -0.15) is 0 Å². The summed E-state index contributed by atoms with van der Waals surface area (Å²) in [4.78, 5) is 12.3. The second kappa shape index (κ2) is 7.04. The normalized spacial score (nSPS) is 10.4. The van der Waals surface area contributed by atoms with Crippen LogP contribution < -0.4 is 10.6 Å². The molecule has 0 unspecified atom stereocenters. The molecule has 2 aromatic rings. The summed E-state index contributed by atoms with van der Waals surface area (Å²) in [7, 11) is 0. The zero-order chi connectivity index (χ0) is 15.2. The molecule has 0 aliphatic heterocycles. The Hall–Kier alpha value is -2.13. The van der Waals surface area contributed by atoms with Crippen LogP contribution in [0.5, 0.6) is 0 Å². The van der Waals surface area contributed by atoms with E-state index in [-0.39, 0.29) is 5.91 Å². The van der Waals surface area contributed by atoms with E-state index < -0.39 is 0 Å². The third-order valence-electron chi connectivity index (χ3n) is 3.43. The minimum atomic E-state index is -0.0596. The van der Waals surface area contributed by atoms with Crippen LogP contribution in [0, 0.1) is 13.8 Å². The van der Waals surface area contributed by atoms with E-state index >= 15 is 0 Å². The molecule has 2 N–H and O–H groups in total. The number of rotatable bonds is 5. The molecule has 0 bridgehead atoms. The first-order valence-corrected chi connectivity index (χ1v) is 7.28. The molecule has 0 saturated carbocycles.